The van der Waals surface area contributed by atoms with Gasteiger partial charge in [-0.05, 0) is 197 Å². The molecule has 10 aromatic rings. The summed E-state index contributed by atoms with van der Waals surface area (Å²) in [6, 6.07) is 82.1. The zero-order valence-electron chi connectivity index (χ0n) is 49.2. The van der Waals surface area contributed by atoms with E-state index in [0.717, 1.165) is 110 Å². The Balaban J connectivity index is 1.13. The van der Waals surface area contributed by atoms with E-state index in [1.165, 1.54) is 38.6 Å². The number of benzene rings is 10. The standard InChI is InChI=1S/C78H71BN2O2/c1-75(2)34-36-77(5,6)65-48-69-67(46-63(65)75)79-68-47-64-66(78(7,8)37-35-76(64,3)4)49-70(68)81(62-42-58(54-30-20-12-21-31-54)39-59(43-62)55-32-22-13-23-33-55)72-45-60(74(82)83-50-51-24-14-9-15-25-51)44-71(73(72)79)80(69)61-40-56(52-26-16-10-17-27-52)38-57(41-61)53-28-18-11-19-29-53/h9-33,38-49H,34-37,50H2,1-8H3. The molecule has 408 valence electrons. The Morgan fingerprint density at radius 3 is 1.02 bits per heavy atom. The second-order valence-corrected chi connectivity index (χ2v) is 26.5. The van der Waals surface area contributed by atoms with Gasteiger partial charge in [-0.2, -0.15) is 0 Å². The van der Waals surface area contributed by atoms with Crippen molar-refractivity contribution in [3.63, 3.8) is 0 Å². The van der Waals surface area contributed by atoms with Crippen molar-refractivity contribution < 1.29 is 9.53 Å². The highest BCUT2D eigenvalue weighted by Gasteiger charge is 2.49. The molecule has 0 N–H and O–H groups in total. The lowest BCUT2D eigenvalue weighted by Gasteiger charge is -2.49. The van der Waals surface area contributed by atoms with Crippen molar-refractivity contribution in [2.45, 2.75) is 109 Å². The van der Waals surface area contributed by atoms with Gasteiger partial charge in [-0.15, -0.1) is 0 Å². The van der Waals surface area contributed by atoms with Crippen LogP contribution in [0.1, 0.15) is 119 Å². The highest BCUT2D eigenvalue weighted by Crippen LogP contribution is 2.54. The third-order valence-corrected chi connectivity index (χ3v) is 19.2. The lowest BCUT2D eigenvalue weighted by atomic mass is 9.32. The Morgan fingerprint density at radius 1 is 0.373 bits per heavy atom. The molecule has 2 heterocycles. The van der Waals surface area contributed by atoms with E-state index in [1.54, 1.807) is 0 Å². The molecular formula is C78H71BN2O2. The van der Waals surface area contributed by atoms with Gasteiger partial charge in [-0.3, -0.25) is 0 Å². The van der Waals surface area contributed by atoms with Crippen molar-refractivity contribution in [3.05, 3.63) is 258 Å². The Bertz CT molecular complexity index is 3810. The molecule has 0 spiro atoms. The van der Waals surface area contributed by atoms with Crippen LogP contribution in [0.5, 0.6) is 0 Å². The minimum absolute atomic E-state index is 0.0645. The summed E-state index contributed by atoms with van der Waals surface area (Å²) in [4.78, 5) is 20.5. The van der Waals surface area contributed by atoms with Gasteiger partial charge in [-0.25, -0.2) is 4.79 Å². The third kappa shape index (κ3) is 9.12. The SMILES string of the molecule is CC1(C)CCC(C)(C)c2cc3c(cc21)B1c2cc4c(cc2N(c2cc(-c5ccccc5)cc(-c5ccccc5)c2)c2cc(C(=O)OCc5ccccc5)cc(c21)N3c1cc(-c2ccccc2)cc(-c2ccccc2)c1)C(C)(C)CCC4(C)C. The molecule has 14 rings (SSSR count). The second-order valence-electron chi connectivity index (χ2n) is 26.5. The molecule has 0 bridgehead atoms. The molecule has 0 aromatic heterocycles. The summed E-state index contributed by atoms with van der Waals surface area (Å²) in [6.07, 6.45) is 4.35. The van der Waals surface area contributed by atoms with Gasteiger partial charge in [0, 0.05) is 34.1 Å². The molecule has 2 aliphatic carbocycles. The summed E-state index contributed by atoms with van der Waals surface area (Å²) in [7, 11) is 0. The summed E-state index contributed by atoms with van der Waals surface area (Å²) < 4.78 is 6.45. The van der Waals surface area contributed by atoms with Crippen LogP contribution in [-0.2, 0) is 33.0 Å². The number of anilines is 6. The smallest absolute Gasteiger partial charge is 0.338 e. The van der Waals surface area contributed by atoms with Crippen LogP contribution in [0.3, 0.4) is 0 Å². The van der Waals surface area contributed by atoms with E-state index in [0.29, 0.717) is 5.56 Å². The van der Waals surface area contributed by atoms with Crippen LogP contribution in [0.4, 0.5) is 34.1 Å². The Hall–Kier alpha value is -8.67. The molecule has 0 saturated heterocycles. The second kappa shape index (κ2) is 19.8. The van der Waals surface area contributed by atoms with Gasteiger partial charge in [0.25, 0.3) is 6.71 Å². The number of esters is 1. The number of carbonyl (C=O) groups is 1. The fourth-order valence-corrected chi connectivity index (χ4v) is 14.3. The molecule has 0 atom stereocenters. The molecule has 0 unspecified atom stereocenters. The molecular weight excluding hydrogens is 1010 g/mol. The fraction of sp³-hybridized carbons (Fsp3) is 0.218. The molecule has 5 heteroatoms. The molecule has 4 aliphatic rings. The first-order valence-corrected chi connectivity index (χ1v) is 29.9. The van der Waals surface area contributed by atoms with E-state index in [4.69, 9.17) is 4.74 Å². The van der Waals surface area contributed by atoms with E-state index in [-0.39, 0.29) is 40.9 Å². The first-order chi connectivity index (χ1) is 40.0. The van der Waals surface area contributed by atoms with Crippen LogP contribution < -0.4 is 26.2 Å². The van der Waals surface area contributed by atoms with Gasteiger partial charge < -0.3 is 14.5 Å². The molecule has 0 radical (unpaired) electrons. The topological polar surface area (TPSA) is 32.8 Å². The predicted octanol–water partition coefficient (Wildman–Crippen LogP) is 18.5. The van der Waals surface area contributed by atoms with E-state index < -0.39 is 0 Å². The maximum atomic E-state index is 15.4. The van der Waals surface area contributed by atoms with Gasteiger partial charge in [0.15, 0.2) is 0 Å². The van der Waals surface area contributed by atoms with Crippen LogP contribution in [0.25, 0.3) is 44.5 Å². The molecule has 0 amide bonds. The van der Waals surface area contributed by atoms with Crippen molar-refractivity contribution >= 4 is 63.2 Å². The summed E-state index contributed by atoms with van der Waals surface area (Å²) in [5, 5.41) is 0. The first-order valence-electron chi connectivity index (χ1n) is 29.9. The lowest BCUT2D eigenvalue weighted by molar-refractivity contribution is 0.0472. The summed E-state index contributed by atoms with van der Waals surface area (Å²) in [5.74, 6) is -0.367. The Kier molecular flexibility index (Phi) is 12.5. The van der Waals surface area contributed by atoms with Gasteiger partial charge in [0.1, 0.15) is 6.61 Å². The number of hydrogen-bond donors (Lipinski definition) is 0. The lowest BCUT2D eigenvalue weighted by Crippen LogP contribution is -2.62. The van der Waals surface area contributed by atoms with Crippen LogP contribution >= 0.6 is 0 Å². The van der Waals surface area contributed by atoms with Crippen LogP contribution in [-0.4, -0.2) is 12.7 Å². The normalized spacial score (nSPS) is 16.4. The average molecular weight is 1080 g/mol. The summed E-state index contributed by atoms with van der Waals surface area (Å²) in [6.45, 7) is 19.5. The van der Waals surface area contributed by atoms with Crippen molar-refractivity contribution in [3.8, 4) is 44.5 Å². The molecule has 10 aromatic carbocycles. The minimum Gasteiger partial charge on any atom is -0.457 e. The number of hydrogen-bond acceptors (Lipinski definition) is 4. The first kappa shape index (κ1) is 52.4. The number of ether oxygens (including phenoxy) is 1. The van der Waals surface area contributed by atoms with E-state index in [1.807, 2.05) is 30.3 Å². The van der Waals surface area contributed by atoms with E-state index in [2.05, 4.69) is 259 Å². The largest absolute Gasteiger partial charge is 0.457 e. The number of carbonyl (C=O) groups excluding carboxylic acids is 1. The third-order valence-electron chi connectivity index (χ3n) is 19.2. The van der Waals surface area contributed by atoms with Gasteiger partial charge in [0.2, 0.25) is 0 Å². The van der Waals surface area contributed by atoms with Crippen molar-refractivity contribution in [2.75, 3.05) is 9.80 Å². The fourth-order valence-electron chi connectivity index (χ4n) is 14.3. The minimum atomic E-state index is -0.367. The highest BCUT2D eigenvalue weighted by atomic mass is 16.5. The predicted molar refractivity (Wildman–Crippen MR) is 348 cm³/mol. The average Bonchev–Trinajstić information content (AvgIpc) is 1.21. The number of nitrogens with zero attached hydrogens (tertiary/aromatic N) is 2. The van der Waals surface area contributed by atoms with Crippen LogP contribution in [0.15, 0.2) is 224 Å². The monoisotopic (exact) mass is 1080 g/mol. The molecule has 83 heavy (non-hydrogen) atoms. The quantitative estimate of drug-likeness (QED) is 0.107. The van der Waals surface area contributed by atoms with Crippen molar-refractivity contribution in [2.24, 2.45) is 0 Å². The number of rotatable bonds is 9. The zero-order chi connectivity index (χ0) is 57.0. The van der Waals surface area contributed by atoms with Crippen LogP contribution in [0, 0.1) is 0 Å². The van der Waals surface area contributed by atoms with Gasteiger partial charge in [0.05, 0.1) is 5.56 Å². The van der Waals surface area contributed by atoms with Crippen LogP contribution in [0.2, 0.25) is 0 Å². The van der Waals surface area contributed by atoms with E-state index in [9.17, 15) is 0 Å². The van der Waals surface area contributed by atoms with Crippen molar-refractivity contribution in [1.29, 1.82) is 0 Å². The van der Waals surface area contributed by atoms with Gasteiger partial charge in [-0.1, -0.05) is 219 Å². The Labute approximate surface area is 491 Å². The Morgan fingerprint density at radius 2 is 0.687 bits per heavy atom. The molecule has 2 aliphatic heterocycles. The summed E-state index contributed by atoms with van der Waals surface area (Å²) in [5.41, 5.74) is 25.8. The van der Waals surface area contributed by atoms with Gasteiger partial charge >= 0.3 is 5.97 Å². The maximum absolute atomic E-state index is 15.4. The molecule has 0 saturated carbocycles. The zero-order valence-corrected chi connectivity index (χ0v) is 49.2. The van der Waals surface area contributed by atoms with Crippen molar-refractivity contribution in [1.82, 2.24) is 0 Å². The van der Waals surface area contributed by atoms with E-state index >= 15 is 4.79 Å². The number of fused-ring (bicyclic) bond motifs is 6. The molecule has 0 fully saturated rings. The molecule has 4 nitrogen and oxygen atoms in total. The highest BCUT2D eigenvalue weighted by molar-refractivity contribution is 7.00. The maximum Gasteiger partial charge on any atom is 0.338 e. The summed E-state index contributed by atoms with van der Waals surface area (Å²) >= 11 is 0.